The number of carbonyl (C=O) groups excluding carboxylic acids is 1. The summed E-state index contributed by atoms with van der Waals surface area (Å²) in [6, 6.07) is 5.68. The Hall–Kier alpha value is -1.75. The molecule has 0 spiro atoms. The van der Waals surface area contributed by atoms with E-state index < -0.39 is 0 Å². The fourth-order valence-corrected chi connectivity index (χ4v) is 2.29. The van der Waals surface area contributed by atoms with Gasteiger partial charge >= 0.3 is 0 Å². The second-order valence-electron chi connectivity index (χ2n) is 4.90. The number of phenolic OH excluding ortho intramolecular Hbond substituents is 1. The highest BCUT2D eigenvalue weighted by Gasteiger charge is 2.22. The van der Waals surface area contributed by atoms with Gasteiger partial charge in [0, 0.05) is 32.6 Å². The summed E-state index contributed by atoms with van der Waals surface area (Å²) >= 11 is 0. The molecule has 19 heavy (non-hydrogen) atoms. The van der Waals surface area contributed by atoms with E-state index >= 15 is 0 Å². The molecule has 1 fully saturated rings. The second kappa shape index (κ2) is 5.93. The fraction of sp³-hybridized carbons (Fsp3) is 0.500. The van der Waals surface area contributed by atoms with Crippen molar-refractivity contribution in [3.8, 4) is 11.5 Å². The number of benzene rings is 1. The van der Waals surface area contributed by atoms with Crippen molar-refractivity contribution in [1.29, 1.82) is 0 Å². The third-order valence-electron chi connectivity index (χ3n) is 3.46. The van der Waals surface area contributed by atoms with Gasteiger partial charge in [-0.15, -0.1) is 0 Å². The van der Waals surface area contributed by atoms with Gasteiger partial charge in [-0.05, 0) is 24.1 Å². The minimum atomic E-state index is 0.151. The highest BCUT2D eigenvalue weighted by Crippen LogP contribution is 2.26. The van der Waals surface area contributed by atoms with Gasteiger partial charge in [0.25, 0.3) is 0 Å². The predicted octanol–water partition coefficient (Wildman–Crippen LogP) is 1.11. The fourth-order valence-electron chi connectivity index (χ4n) is 2.29. The number of hydrogen-bond donors (Lipinski definition) is 2. The minimum absolute atomic E-state index is 0.151. The van der Waals surface area contributed by atoms with Crippen LogP contribution in [0.2, 0.25) is 0 Å². The number of rotatable bonds is 4. The van der Waals surface area contributed by atoms with Crippen molar-refractivity contribution in [3.05, 3.63) is 23.8 Å². The van der Waals surface area contributed by atoms with Crippen molar-refractivity contribution in [3.63, 3.8) is 0 Å². The zero-order valence-corrected chi connectivity index (χ0v) is 11.3. The van der Waals surface area contributed by atoms with Gasteiger partial charge in [0.05, 0.1) is 7.11 Å². The summed E-state index contributed by atoms with van der Waals surface area (Å²) < 4.78 is 5.01. The lowest BCUT2D eigenvalue weighted by Crippen LogP contribution is -2.46. The molecule has 0 saturated carbocycles. The number of nitrogens with one attached hydrogen (secondary N) is 1. The van der Waals surface area contributed by atoms with Gasteiger partial charge in [0.1, 0.15) is 0 Å². The van der Waals surface area contributed by atoms with Crippen LogP contribution >= 0.6 is 0 Å². The van der Waals surface area contributed by atoms with Crippen molar-refractivity contribution in [2.45, 2.75) is 25.4 Å². The molecule has 0 radical (unpaired) electrons. The van der Waals surface area contributed by atoms with Crippen molar-refractivity contribution >= 4 is 5.91 Å². The maximum Gasteiger partial charge on any atom is 0.222 e. The summed E-state index contributed by atoms with van der Waals surface area (Å²) in [5.41, 5.74) is 0.998. The van der Waals surface area contributed by atoms with Crippen LogP contribution < -0.4 is 10.1 Å². The SMILES string of the molecule is COc1ccc(CNC2CCC(=O)N(C)C2)cc1O. The molecule has 1 aromatic rings. The number of likely N-dealkylation sites (tertiary alicyclic amines) is 1. The molecule has 1 atom stereocenters. The Labute approximate surface area is 113 Å². The zero-order chi connectivity index (χ0) is 13.8. The molecule has 5 heteroatoms. The number of methoxy groups -OCH3 is 1. The molecule has 1 amide bonds. The Morgan fingerprint density at radius 3 is 2.95 bits per heavy atom. The number of nitrogens with zero attached hydrogens (tertiary/aromatic N) is 1. The largest absolute Gasteiger partial charge is 0.504 e. The number of ether oxygens (including phenoxy) is 1. The monoisotopic (exact) mass is 264 g/mol. The molecule has 1 saturated heterocycles. The number of carbonyl (C=O) groups is 1. The van der Waals surface area contributed by atoms with E-state index in [-0.39, 0.29) is 11.7 Å². The molecule has 2 N–H and O–H groups in total. The first kappa shape index (κ1) is 13.7. The summed E-state index contributed by atoms with van der Waals surface area (Å²) in [6.07, 6.45) is 1.47. The van der Waals surface area contributed by atoms with Crippen LogP contribution in [0.25, 0.3) is 0 Å². The molecule has 0 bridgehead atoms. The topological polar surface area (TPSA) is 61.8 Å². The highest BCUT2D eigenvalue weighted by atomic mass is 16.5. The molecule has 1 heterocycles. The summed E-state index contributed by atoms with van der Waals surface area (Å²) in [4.78, 5) is 13.1. The Morgan fingerprint density at radius 1 is 1.53 bits per heavy atom. The van der Waals surface area contributed by atoms with Gasteiger partial charge in [0.2, 0.25) is 5.91 Å². The Bertz CT molecular complexity index is 462. The van der Waals surface area contributed by atoms with E-state index in [1.807, 2.05) is 13.1 Å². The van der Waals surface area contributed by atoms with E-state index in [1.54, 1.807) is 17.0 Å². The maximum absolute atomic E-state index is 11.4. The van der Waals surface area contributed by atoms with Gasteiger partial charge in [-0.1, -0.05) is 6.07 Å². The Kier molecular flexibility index (Phi) is 4.27. The van der Waals surface area contributed by atoms with Gasteiger partial charge in [0.15, 0.2) is 11.5 Å². The maximum atomic E-state index is 11.4. The van der Waals surface area contributed by atoms with Crippen molar-refractivity contribution < 1.29 is 14.6 Å². The molecule has 1 aliphatic heterocycles. The molecule has 1 aromatic carbocycles. The average Bonchev–Trinajstić information content (AvgIpc) is 2.40. The summed E-state index contributed by atoms with van der Waals surface area (Å²) in [6.45, 7) is 1.41. The molecule has 0 aromatic heterocycles. The lowest BCUT2D eigenvalue weighted by atomic mass is 10.1. The number of amides is 1. The third kappa shape index (κ3) is 3.38. The summed E-state index contributed by atoms with van der Waals surface area (Å²) in [5, 5.41) is 13.1. The number of hydrogen-bond acceptors (Lipinski definition) is 4. The quantitative estimate of drug-likeness (QED) is 0.855. The number of likely N-dealkylation sites (N-methyl/N-ethyl adjacent to an activating group) is 1. The summed E-state index contributed by atoms with van der Waals surface area (Å²) in [7, 11) is 3.36. The highest BCUT2D eigenvalue weighted by molar-refractivity contribution is 5.76. The van der Waals surface area contributed by atoms with E-state index in [0.717, 1.165) is 18.5 Å². The van der Waals surface area contributed by atoms with Crippen LogP contribution in [0.3, 0.4) is 0 Å². The molecular formula is C14H20N2O3. The third-order valence-corrected chi connectivity index (χ3v) is 3.46. The molecule has 1 unspecified atom stereocenters. The Balaban J connectivity index is 1.89. The Morgan fingerprint density at radius 2 is 2.32 bits per heavy atom. The van der Waals surface area contributed by atoms with Gasteiger partial charge < -0.3 is 20.1 Å². The normalized spacial score (nSPS) is 19.6. The van der Waals surface area contributed by atoms with Crippen LogP contribution in [0, 0.1) is 0 Å². The van der Waals surface area contributed by atoms with Crippen molar-refractivity contribution in [2.24, 2.45) is 0 Å². The van der Waals surface area contributed by atoms with Gasteiger partial charge in [-0.3, -0.25) is 4.79 Å². The van der Waals surface area contributed by atoms with E-state index in [0.29, 0.717) is 24.8 Å². The van der Waals surface area contributed by atoms with E-state index in [2.05, 4.69) is 5.32 Å². The molecule has 5 nitrogen and oxygen atoms in total. The lowest BCUT2D eigenvalue weighted by Gasteiger charge is -2.30. The van der Waals surface area contributed by atoms with Crippen LogP contribution in [-0.2, 0) is 11.3 Å². The molecular weight excluding hydrogens is 244 g/mol. The predicted molar refractivity (Wildman–Crippen MR) is 72.2 cm³/mol. The first-order valence-electron chi connectivity index (χ1n) is 6.43. The van der Waals surface area contributed by atoms with Crippen LogP contribution in [0.5, 0.6) is 11.5 Å². The molecule has 104 valence electrons. The van der Waals surface area contributed by atoms with Crippen LogP contribution in [0.4, 0.5) is 0 Å². The lowest BCUT2D eigenvalue weighted by molar-refractivity contribution is -0.132. The summed E-state index contributed by atoms with van der Waals surface area (Å²) in [5.74, 6) is 0.838. The first-order chi connectivity index (χ1) is 9.10. The molecule has 1 aliphatic rings. The number of aromatic hydroxyl groups is 1. The number of piperidine rings is 1. The second-order valence-corrected chi connectivity index (χ2v) is 4.90. The van der Waals surface area contributed by atoms with Crippen LogP contribution in [-0.4, -0.2) is 42.7 Å². The van der Waals surface area contributed by atoms with Crippen molar-refractivity contribution in [1.82, 2.24) is 10.2 Å². The van der Waals surface area contributed by atoms with E-state index in [9.17, 15) is 9.90 Å². The first-order valence-corrected chi connectivity index (χ1v) is 6.43. The smallest absolute Gasteiger partial charge is 0.222 e. The molecule has 0 aliphatic carbocycles. The van der Waals surface area contributed by atoms with Crippen LogP contribution in [0.1, 0.15) is 18.4 Å². The van der Waals surface area contributed by atoms with Gasteiger partial charge in [-0.2, -0.15) is 0 Å². The van der Waals surface area contributed by atoms with Crippen LogP contribution in [0.15, 0.2) is 18.2 Å². The van der Waals surface area contributed by atoms with Gasteiger partial charge in [-0.25, -0.2) is 0 Å². The van der Waals surface area contributed by atoms with Crippen molar-refractivity contribution in [2.75, 3.05) is 20.7 Å². The minimum Gasteiger partial charge on any atom is -0.504 e. The average molecular weight is 264 g/mol. The number of phenols is 1. The van der Waals surface area contributed by atoms with E-state index in [1.165, 1.54) is 7.11 Å². The molecule has 2 rings (SSSR count). The van der Waals surface area contributed by atoms with E-state index in [4.69, 9.17) is 4.74 Å². The zero-order valence-electron chi connectivity index (χ0n) is 11.3. The standard InChI is InChI=1S/C14H20N2O3/c1-16-9-11(4-6-14(16)18)15-8-10-3-5-13(19-2)12(17)7-10/h3,5,7,11,15,17H,4,6,8-9H2,1-2H3.